The largest absolute Gasteiger partial charge is 0.411 e. The first kappa shape index (κ1) is 31.2. The van der Waals surface area contributed by atoms with E-state index < -0.39 is 16.6 Å². The van der Waals surface area contributed by atoms with E-state index in [2.05, 4.69) is 95.4 Å². The van der Waals surface area contributed by atoms with Crippen LogP contribution in [-0.4, -0.2) is 34.1 Å². The van der Waals surface area contributed by atoms with E-state index in [0.717, 1.165) is 32.1 Å². The summed E-state index contributed by atoms with van der Waals surface area (Å²) in [5.41, 5.74) is -0.126. The SMILES string of the molecule is C[C@H](CC[C@H](O[Si](C)(C)C(C)(C)C)C(C)(C)O[Si](C)(C)C(C)(C)C)[C@H]1CC[C@H]2C(=O)CCC[C@]12C. The lowest BCUT2D eigenvalue weighted by Crippen LogP contribution is -2.56. The average Bonchev–Trinajstić information content (AvgIpc) is 3.00. The lowest BCUT2D eigenvalue weighted by atomic mass is 9.62. The molecule has 0 aromatic rings. The van der Waals surface area contributed by atoms with E-state index in [1.165, 1.54) is 12.8 Å². The van der Waals surface area contributed by atoms with Gasteiger partial charge in [-0.25, -0.2) is 0 Å². The fourth-order valence-electron chi connectivity index (χ4n) is 6.48. The minimum absolute atomic E-state index is 0.0814. The van der Waals surface area contributed by atoms with Gasteiger partial charge in [0.1, 0.15) is 5.78 Å². The van der Waals surface area contributed by atoms with Gasteiger partial charge in [0, 0.05) is 12.3 Å². The van der Waals surface area contributed by atoms with Crippen LogP contribution in [0.2, 0.25) is 36.3 Å². The summed E-state index contributed by atoms with van der Waals surface area (Å²) >= 11 is 0. The molecule has 2 saturated carbocycles. The third kappa shape index (κ3) is 6.73. The minimum Gasteiger partial charge on any atom is -0.411 e. The maximum absolute atomic E-state index is 12.7. The molecule has 0 N–H and O–H groups in total. The van der Waals surface area contributed by atoms with Crippen molar-refractivity contribution in [3.05, 3.63) is 0 Å². The van der Waals surface area contributed by atoms with E-state index in [9.17, 15) is 4.79 Å². The molecule has 5 heteroatoms. The summed E-state index contributed by atoms with van der Waals surface area (Å²) in [6.07, 6.45) is 7.69. The molecule has 206 valence electrons. The van der Waals surface area contributed by atoms with E-state index in [4.69, 9.17) is 8.85 Å². The third-order valence-electron chi connectivity index (χ3n) is 10.9. The zero-order chi connectivity index (χ0) is 27.3. The Kier molecular flexibility index (Phi) is 9.19. The summed E-state index contributed by atoms with van der Waals surface area (Å²) in [6, 6.07) is 0. The average molecular weight is 525 g/mol. The second kappa shape index (κ2) is 10.3. The maximum Gasteiger partial charge on any atom is 0.192 e. The van der Waals surface area contributed by atoms with Crippen LogP contribution in [0.15, 0.2) is 0 Å². The van der Waals surface area contributed by atoms with Gasteiger partial charge >= 0.3 is 0 Å². The number of hydrogen-bond acceptors (Lipinski definition) is 3. The highest BCUT2D eigenvalue weighted by Crippen LogP contribution is 2.57. The zero-order valence-electron chi connectivity index (χ0n) is 26.0. The zero-order valence-corrected chi connectivity index (χ0v) is 28.0. The van der Waals surface area contributed by atoms with Crippen molar-refractivity contribution in [2.45, 2.75) is 162 Å². The lowest BCUT2D eigenvalue weighted by Gasteiger charge is -2.49. The van der Waals surface area contributed by atoms with Crippen molar-refractivity contribution in [1.82, 2.24) is 0 Å². The number of hydrogen-bond donors (Lipinski definition) is 0. The van der Waals surface area contributed by atoms with Crippen LogP contribution in [0.1, 0.15) is 114 Å². The molecule has 35 heavy (non-hydrogen) atoms. The topological polar surface area (TPSA) is 35.5 Å². The predicted molar refractivity (Wildman–Crippen MR) is 156 cm³/mol. The van der Waals surface area contributed by atoms with Gasteiger partial charge in [-0.2, -0.15) is 0 Å². The summed E-state index contributed by atoms with van der Waals surface area (Å²) in [5.74, 6) is 2.10. The normalized spacial score (nSPS) is 28.7. The fourth-order valence-corrected chi connectivity index (χ4v) is 9.70. The third-order valence-corrected chi connectivity index (χ3v) is 20.0. The molecule has 0 aliphatic heterocycles. The molecular weight excluding hydrogens is 464 g/mol. The van der Waals surface area contributed by atoms with E-state index in [-0.39, 0.29) is 27.2 Å². The second-order valence-electron chi connectivity index (χ2n) is 15.9. The van der Waals surface area contributed by atoms with Gasteiger partial charge in [0.05, 0.1) is 11.7 Å². The van der Waals surface area contributed by atoms with Crippen molar-refractivity contribution in [1.29, 1.82) is 0 Å². The Morgan fingerprint density at radius 1 is 0.914 bits per heavy atom. The Labute approximate surface area is 221 Å². The first-order chi connectivity index (χ1) is 15.6. The quantitative estimate of drug-likeness (QED) is 0.282. The highest BCUT2D eigenvalue weighted by atomic mass is 28.4. The van der Waals surface area contributed by atoms with Crippen LogP contribution in [0.3, 0.4) is 0 Å². The van der Waals surface area contributed by atoms with Gasteiger partial charge in [0.15, 0.2) is 16.6 Å². The highest BCUT2D eigenvalue weighted by Gasteiger charge is 2.53. The molecule has 2 aliphatic carbocycles. The minimum atomic E-state index is -1.96. The highest BCUT2D eigenvalue weighted by molar-refractivity contribution is 6.74. The van der Waals surface area contributed by atoms with Gasteiger partial charge in [-0.15, -0.1) is 0 Å². The molecule has 0 radical (unpaired) electrons. The number of Topliss-reactive ketones (excluding diaryl/α,β-unsaturated/α-hetero) is 1. The van der Waals surface area contributed by atoms with Crippen LogP contribution >= 0.6 is 0 Å². The van der Waals surface area contributed by atoms with Crippen LogP contribution in [0.4, 0.5) is 0 Å². The maximum atomic E-state index is 12.7. The van der Waals surface area contributed by atoms with Crippen LogP contribution < -0.4 is 0 Å². The van der Waals surface area contributed by atoms with Gasteiger partial charge in [-0.3, -0.25) is 4.79 Å². The Morgan fingerprint density at radius 2 is 1.46 bits per heavy atom. The number of ketones is 1. The molecule has 2 fully saturated rings. The second-order valence-corrected chi connectivity index (χ2v) is 25.4. The first-order valence-corrected chi connectivity index (χ1v) is 20.3. The van der Waals surface area contributed by atoms with E-state index >= 15 is 0 Å². The Bertz CT molecular complexity index is 744. The molecular formula is C30H60O3Si2. The standard InChI is InChI=1S/C30H60O3Si2/c1-22(23-18-19-24-25(31)16-15-21-30(23,24)10)17-20-26(32-34(11,12)27(2,3)4)29(8,9)33-35(13,14)28(5,6)7/h22-24,26H,15-21H2,1-14H3/t22-,23-,24+,26+,30-/m1/s1. The molecule has 0 saturated heterocycles. The Balaban J connectivity index is 2.25. The van der Waals surface area contributed by atoms with Crippen LogP contribution in [0, 0.1) is 23.2 Å². The van der Waals surface area contributed by atoms with Crippen LogP contribution in [0.5, 0.6) is 0 Å². The molecule has 0 heterocycles. The number of carbonyl (C=O) groups excluding carboxylic acids is 1. The number of rotatable bonds is 9. The Morgan fingerprint density at radius 3 is 1.97 bits per heavy atom. The van der Waals surface area contributed by atoms with Gasteiger partial charge in [-0.1, -0.05) is 55.4 Å². The van der Waals surface area contributed by atoms with Crippen molar-refractivity contribution >= 4 is 22.4 Å². The summed E-state index contributed by atoms with van der Waals surface area (Å²) < 4.78 is 14.2. The molecule has 3 nitrogen and oxygen atoms in total. The van der Waals surface area contributed by atoms with Gasteiger partial charge in [0.25, 0.3) is 0 Å². The molecule has 0 bridgehead atoms. The fraction of sp³-hybridized carbons (Fsp3) is 0.967. The van der Waals surface area contributed by atoms with E-state index in [1.54, 1.807) is 0 Å². The van der Waals surface area contributed by atoms with Crippen molar-refractivity contribution in [3.8, 4) is 0 Å². The predicted octanol–water partition coefficient (Wildman–Crippen LogP) is 9.38. The summed E-state index contributed by atoms with van der Waals surface area (Å²) in [5, 5.41) is 0.332. The van der Waals surface area contributed by atoms with Crippen LogP contribution in [0.25, 0.3) is 0 Å². The summed E-state index contributed by atoms with van der Waals surface area (Å²) in [4.78, 5) is 12.7. The molecule has 2 aliphatic rings. The summed E-state index contributed by atoms with van der Waals surface area (Å²) in [7, 11) is -3.91. The van der Waals surface area contributed by atoms with Gasteiger partial charge < -0.3 is 8.85 Å². The van der Waals surface area contributed by atoms with E-state index in [1.807, 2.05) is 0 Å². The molecule has 2 rings (SSSR count). The molecule has 0 unspecified atom stereocenters. The molecule has 0 amide bonds. The molecule has 0 spiro atoms. The van der Waals surface area contributed by atoms with E-state index in [0.29, 0.717) is 23.5 Å². The van der Waals surface area contributed by atoms with Crippen molar-refractivity contribution in [2.24, 2.45) is 23.2 Å². The molecule has 5 atom stereocenters. The molecule has 0 aromatic carbocycles. The number of fused-ring (bicyclic) bond motifs is 1. The lowest BCUT2D eigenvalue weighted by molar-refractivity contribution is -0.130. The van der Waals surface area contributed by atoms with Crippen molar-refractivity contribution in [3.63, 3.8) is 0 Å². The Hall–Kier alpha value is 0.0238. The van der Waals surface area contributed by atoms with Crippen molar-refractivity contribution < 1.29 is 13.6 Å². The van der Waals surface area contributed by atoms with Crippen molar-refractivity contribution in [2.75, 3.05) is 0 Å². The smallest absolute Gasteiger partial charge is 0.192 e. The van der Waals surface area contributed by atoms with Crippen LogP contribution in [-0.2, 0) is 13.6 Å². The molecule has 0 aromatic heterocycles. The monoisotopic (exact) mass is 524 g/mol. The first-order valence-electron chi connectivity index (χ1n) is 14.5. The van der Waals surface area contributed by atoms with Gasteiger partial charge in [-0.05, 0) is 106 Å². The summed E-state index contributed by atoms with van der Waals surface area (Å²) in [6.45, 7) is 32.9. The van der Waals surface area contributed by atoms with Gasteiger partial charge in [0.2, 0.25) is 0 Å². The number of carbonyl (C=O) groups is 1.